The van der Waals surface area contributed by atoms with Crippen molar-refractivity contribution in [3.63, 3.8) is 0 Å². The number of nitrogens with zero attached hydrogens (tertiary/aromatic N) is 2. The number of rotatable bonds is 5. The van der Waals surface area contributed by atoms with Crippen molar-refractivity contribution in [3.8, 4) is 0 Å². The van der Waals surface area contributed by atoms with Crippen LogP contribution in [-0.2, 0) is 13.0 Å². The first-order chi connectivity index (χ1) is 8.25. The lowest BCUT2D eigenvalue weighted by Crippen LogP contribution is -2.20. The summed E-state index contributed by atoms with van der Waals surface area (Å²) in [6.45, 7) is 1.88. The average Bonchev–Trinajstić information content (AvgIpc) is 2.82. The van der Waals surface area contributed by atoms with Crippen molar-refractivity contribution in [1.29, 1.82) is 0 Å². The molecule has 2 aromatic heterocycles. The molecule has 0 aliphatic carbocycles. The minimum absolute atomic E-state index is 0.607. The maximum absolute atomic E-state index is 6.03. The Kier molecular flexibility index (Phi) is 4.54. The summed E-state index contributed by atoms with van der Waals surface area (Å²) < 4.78 is 0. The molecule has 0 unspecified atom stereocenters. The summed E-state index contributed by atoms with van der Waals surface area (Å²) in [7, 11) is 2.11. The maximum atomic E-state index is 6.03. The molecule has 0 bridgehead atoms. The monoisotopic (exact) mass is 266 g/mol. The summed E-state index contributed by atoms with van der Waals surface area (Å²) in [6, 6.07) is 8.22. The predicted octanol–water partition coefficient (Wildman–Crippen LogP) is 3.47. The molecule has 0 N–H and O–H groups in total. The molecule has 4 heteroatoms. The Morgan fingerprint density at radius 1 is 1.35 bits per heavy atom. The molecule has 0 saturated carbocycles. The lowest BCUT2D eigenvalue weighted by molar-refractivity contribution is 0.331. The number of halogens is 1. The van der Waals surface area contributed by atoms with Crippen molar-refractivity contribution < 1.29 is 0 Å². The molecule has 0 aromatic carbocycles. The van der Waals surface area contributed by atoms with Crippen molar-refractivity contribution in [3.05, 3.63) is 51.4 Å². The Morgan fingerprint density at radius 3 is 2.94 bits per heavy atom. The van der Waals surface area contributed by atoms with E-state index in [9.17, 15) is 0 Å². The number of hydrogen-bond acceptors (Lipinski definition) is 3. The lowest BCUT2D eigenvalue weighted by Gasteiger charge is -2.16. The Balaban J connectivity index is 1.85. The zero-order valence-electron chi connectivity index (χ0n) is 9.77. The van der Waals surface area contributed by atoms with Crippen molar-refractivity contribution in [2.75, 3.05) is 13.6 Å². The van der Waals surface area contributed by atoms with Crippen LogP contribution in [0.3, 0.4) is 0 Å². The lowest BCUT2D eigenvalue weighted by atomic mass is 10.2. The maximum Gasteiger partial charge on any atom is 0.133 e. The summed E-state index contributed by atoms with van der Waals surface area (Å²) >= 11 is 7.84. The van der Waals surface area contributed by atoms with Gasteiger partial charge >= 0.3 is 0 Å². The van der Waals surface area contributed by atoms with Gasteiger partial charge in [0.05, 0.1) is 0 Å². The highest BCUT2D eigenvalue weighted by molar-refractivity contribution is 7.09. The highest BCUT2D eigenvalue weighted by Gasteiger charge is 2.05. The second-order valence-electron chi connectivity index (χ2n) is 4.02. The number of likely N-dealkylation sites (N-methyl/N-ethyl adjacent to an activating group) is 1. The van der Waals surface area contributed by atoms with Crippen LogP contribution in [-0.4, -0.2) is 23.5 Å². The fourth-order valence-corrected chi connectivity index (χ4v) is 2.54. The third kappa shape index (κ3) is 3.80. The molecule has 0 aliphatic rings. The van der Waals surface area contributed by atoms with E-state index in [2.05, 4.69) is 34.4 Å². The number of aromatic nitrogens is 1. The SMILES string of the molecule is CN(CCc1cccs1)Cc1cccnc1Cl. The van der Waals surface area contributed by atoms with Gasteiger partial charge in [-0.05, 0) is 31.0 Å². The van der Waals surface area contributed by atoms with Gasteiger partial charge in [-0.25, -0.2) is 4.98 Å². The van der Waals surface area contributed by atoms with Crippen LogP contribution in [0.1, 0.15) is 10.4 Å². The van der Waals surface area contributed by atoms with Crippen LogP contribution in [0.25, 0.3) is 0 Å². The normalized spacial score (nSPS) is 11.0. The molecule has 2 aromatic rings. The first kappa shape index (κ1) is 12.6. The number of thiophene rings is 1. The molecule has 2 heterocycles. The van der Waals surface area contributed by atoms with Gasteiger partial charge in [0.25, 0.3) is 0 Å². The van der Waals surface area contributed by atoms with E-state index in [1.807, 2.05) is 23.5 Å². The molecule has 0 radical (unpaired) electrons. The molecular formula is C13H15ClN2S. The van der Waals surface area contributed by atoms with Gasteiger partial charge in [-0.2, -0.15) is 0 Å². The number of hydrogen-bond donors (Lipinski definition) is 0. The minimum Gasteiger partial charge on any atom is -0.302 e. The highest BCUT2D eigenvalue weighted by Crippen LogP contribution is 2.14. The molecule has 2 rings (SSSR count). The Bertz CT molecular complexity index is 456. The van der Waals surface area contributed by atoms with Crippen LogP contribution in [0.2, 0.25) is 5.15 Å². The van der Waals surface area contributed by atoms with Crippen LogP contribution >= 0.6 is 22.9 Å². The Hall–Kier alpha value is -0.900. The summed E-state index contributed by atoms with van der Waals surface area (Å²) in [5.41, 5.74) is 1.09. The van der Waals surface area contributed by atoms with E-state index >= 15 is 0 Å². The Morgan fingerprint density at radius 2 is 2.24 bits per heavy atom. The van der Waals surface area contributed by atoms with Crippen molar-refractivity contribution >= 4 is 22.9 Å². The topological polar surface area (TPSA) is 16.1 Å². The average molecular weight is 267 g/mol. The summed E-state index contributed by atoms with van der Waals surface area (Å²) in [5.74, 6) is 0. The molecule has 17 heavy (non-hydrogen) atoms. The number of pyridine rings is 1. The van der Waals surface area contributed by atoms with E-state index in [4.69, 9.17) is 11.6 Å². The molecule has 0 atom stereocenters. The molecule has 0 fully saturated rings. The van der Waals surface area contributed by atoms with Crippen LogP contribution in [0.4, 0.5) is 0 Å². The molecule has 0 amide bonds. The smallest absolute Gasteiger partial charge is 0.133 e. The van der Waals surface area contributed by atoms with E-state index in [1.54, 1.807) is 6.20 Å². The van der Waals surface area contributed by atoms with E-state index in [-0.39, 0.29) is 0 Å². The van der Waals surface area contributed by atoms with E-state index in [0.29, 0.717) is 5.15 Å². The molecular weight excluding hydrogens is 252 g/mol. The second kappa shape index (κ2) is 6.15. The van der Waals surface area contributed by atoms with Gasteiger partial charge in [-0.15, -0.1) is 11.3 Å². The summed E-state index contributed by atoms with van der Waals surface area (Å²) in [4.78, 5) is 7.77. The van der Waals surface area contributed by atoms with Gasteiger partial charge in [0.1, 0.15) is 5.15 Å². The van der Waals surface area contributed by atoms with E-state index in [0.717, 1.165) is 25.1 Å². The third-order valence-electron chi connectivity index (χ3n) is 2.60. The van der Waals surface area contributed by atoms with E-state index in [1.165, 1.54) is 4.88 Å². The van der Waals surface area contributed by atoms with Crippen molar-refractivity contribution in [2.24, 2.45) is 0 Å². The van der Waals surface area contributed by atoms with Crippen LogP contribution < -0.4 is 0 Å². The quantitative estimate of drug-likeness (QED) is 0.771. The standard InChI is InChI=1S/C13H15ClN2S/c1-16(8-6-12-5-3-9-17-12)10-11-4-2-7-15-13(11)14/h2-5,7,9H,6,8,10H2,1H3. The van der Waals surface area contributed by atoms with Gasteiger partial charge in [0.2, 0.25) is 0 Å². The van der Waals surface area contributed by atoms with Gasteiger partial charge in [-0.1, -0.05) is 23.7 Å². The minimum atomic E-state index is 0.607. The fourth-order valence-electron chi connectivity index (χ4n) is 1.66. The third-order valence-corrected chi connectivity index (χ3v) is 3.87. The van der Waals surface area contributed by atoms with Crippen LogP contribution in [0, 0.1) is 0 Å². The van der Waals surface area contributed by atoms with Gasteiger partial charge in [-0.3, -0.25) is 0 Å². The largest absolute Gasteiger partial charge is 0.302 e. The summed E-state index contributed by atoms with van der Waals surface area (Å²) in [5, 5.41) is 2.73. The van der Waals surface area contributed by atoms with Crippen LogP contribution in [0.5, 0.6) is 0 Å². The van der Waals surface area contributed by atoms with Crippen LogP contribution in [0.15, 0.2) is 35.8 Å². The molecule has 0 spiro atoms. The zero-order valence-corrected chi connectivity index (χ0v) is 11.3. The van der Waals surface area contributed by atoms with Gasteiger partial charge in [0, 0.05) is 29.7 Å². The van der Waals surface area contributed by atoms with Crippen molar-refractivity contribution in [2.45, 2.75) is 13.0 Å². The molecule has 0 aliphatic heterocycles. The summed E-state index contributed by atoms with van der Waals surface area (Å²) in [6.07, 6.45) is 2.81. The second-order valence-corrected chi connectivity index (χ2v) is 5.41. The predicted molar refractivity (Wildman–Crippen MR) is 73.6 cm³/mol. The van der Waals surface area contributed by atoms with Gasteiger partial charge in [0.15, 0.2) is 0 Å². The van der Waals surface area contributed by atoms with Gasteiger partial charge < -0.3 is 4.90 Å². The first-order valence-corrected chi connectivity index (χ1v) is 6.82. The van der Waals surface area contributed by atoms with Crippen molar-refractivity contribution in [1.82, 2.24) is 9.88 Å². The zero-order chi connectivity index (χ0) is 12.1. The first-order valence-electron chi connectivity index (χ1n) is 5.56. The Labute approximate surface area is 111 Å². The molecule has 2 nitrogen and oxygen atoms in total. The molecule has 90 valence electrons. The highest BCUT2D eigenvalue weighted by atomic mass is 35.5. The molecule has 0 saturated heterocycles. The fraction of sp³-hybridized carbons (Fsp3) is 0.308. The van der Waals surface area contributed by atoms with E-state index < -0.39 is 0 Å².